The van der Waals surface area contributed by atoms with Gasteiger partial charge >= 0.3 is 0 Å². The molecule has 0 aromatic rings. The number of halogens is 1. The fourth-order valence-electron chi connectivity index (χ4n) is 2.31. The van der Waals surface area contributed by atoms with Gasteiger partial charge in [0.1, 0.15) is 0 Å². The monoisotopic (exact) mass is 280 g/mol. The highest BCUT2D eigenvalue weighted by Gasteiger charge is 2.32. The summed E-state index contributed by atoms with van der Waals surface area (Å²) < 4.78 is 0. The topological polar surface area (TPSA) is 0 Å². The summed E-state index contributed by atoms with van der Waals surface area (Å²) in [6.07, 6.45) is 12.0. The van der Waals surface area contributed by atoms with Gasteiger partial charge in [0.2, 0.25) is 0 Å². The van der Waals surface area contributed by atoms with Crippen LogP contribution in [0, 0.1) is 0 Å². The third-order valence-electron chi connectivity index (χ3n) is 2.61. The summed E-state index contributed by atoms with van der Waals surface area (Å²) in [5.74, 6) is 0. The molecule has 0 rings (SSSR count). The van der Waals surface area contributed by atoms with Crippen LogP contribution in [0.25, 0.3) is 0 Å². The van der Waals surface area contributed by atoms with Gasteiger partial charge in [0.15, 0.2) is 0 Å². The maximum atomic E-state index is 3.92. The average Bonchev–Trinajstić information content (AvgIpc) is 2.06. The Kier molecular flexibility index (Phi) is 12.4. The Labute approximate surface area is 102 Å². The van der Waals surface area contributed by atoms with Gasteiger partial charge < -0.3 is 17.0 Å². The molecule has 0 aliphatic heterocycles. The summed E-state index contributed by atoms with van der Waals surface area (Å²) >= 11 is 0. The van der Waals surface area contributed by atoms with Crippen molar-refractivity contribution in [3.8, 4) is 0 Å². The summed E-state index contributed by atoms with van der Waals surface area (Å²) in [7, 11) is -0.614. The maximum Gasteiger partial charge on any atom is 0.0771 e. The van der Waals surface area contributed by atoms with E-state index in [4.69, 9.17) is 0 Å². The minimum Gasteiger partial charge on any atom is -1.00 e. The molecule has 2 heteroatoms. The third kappa shape index (κ3) is 6.19. The van der Waals surface area contributed by atoms with Crippen LogP contribution in [0.2, 0.25) is 0 Å². The Morgan fingerprint density at radius 3 is 1.50 bits per heavy atom. The lowest BCUT2D eigenvalue weighted by atomic mass is 10.6. The number of rotatable bonds is 8. The lowest BCUT2D eigenvalue weighted by molar-refractivity contribution is -0.00000310. The molecule has 86 valence electrons. The largest absolute Gasteiger partial charge is 1.00 e. The zero-order valence-corrected chi connectivity index (χ0v) is 12.5. The molecule has 0 aromatic heterocycles. The van der Waals surface area contributed by atoms with Crippen LogP contribution in [0.1, 0.15) is 40.0 Å². The van der Waals surface area contributed by atoms with E-state index in [9.17, 15) is 0 Å². The van der Waals surface area contributed by atoms with Crippen molar-refractivity contribution in [3.63, 3.8) is 0 Å². The highest BCUT2D eigenvalue weighted by atomic mass is 79.9. The van der Waals surface area contributed by atoms with E-state index in [-0.39, 0.29) is 17.0 Å². The van der Waals surface area contributed by atoms with Crippen molar-refractivity contribution >= 4 is 7.26 Å². The van der Waals surface area contributed by atoms with Gasteiger partial charge in [0.25, 0.3) is 0 Å². The van der Waals surface area contributed by atoms with E-state index in [0.29, 0.717) is 0 Å². The molecule has 0 spiro atoms. The van der Waals surface area contributed by atoms with Gasteiger partial charge in [-0.15, -0.1) is 0 Å². The maximum absolute atomic E-state index is 3.92. The molecule has 0 radical (unpaired) electrons. The smallest absolute Gasteiger partial charge is 0.0771 e. The van der Waals surface area contributed by atoms with Crippen LogP contribution in [-0.4, -0.2) is 24.6 Å². The molecule has 0 aromatic carbocycles. The molecular weight excluding hydrogens is 255 g/mol. The lowest BCUT2D eigenvalue weighted by Gasteiger charge is -2.25. The van der Waals surface area contributed by atoms with E-state index in [2.05, 4.69) is 33.4 Å². The summed E-state index contributed by atoms with van der Waals surface area (Å²) in [5.41, 5.74) is 0. The molecule has 0 atom stereocenters. The first kappa shape index (κ1) is 17.1. The SMILES string of the molecule is C=CC[P+](CCC)(CCC)CCC.[Br-]. The van der Waals surface area contributed by atoms with Crippen molar-refractivity contribution in [2.45, 2.75) is 40.0 Å². The first-order valence-corrected chi connectivity index (χ1v) is 8.23. The zero-order chi connectivity index (χ0) is 10.2. The van der Waals surface area contributed by atoms with E-state index in [1.54, 1.807) is 0 Å². The van der Waals surface area contributed by atoms with Gasteiger partial charge in [0, 0.05) is 7.26 Å². The molecular formula is C12H26BrP. The standard InChI is InChI=1S/C12H26P.BrH/c1-5-9-13(10-6-2,11-7-3)12-8-4;/h5H,1,6-12H2,2-4H3;1H/q+1;/p-1. The van der Waals surface area contributed by atoms with Crippen molar-refractivity contribution < 1.29 is 17.0 Å². The predicted molar refractivity (Wildman–Crippen MR) is 67.5 cm³/mol. The normalized spacial score (nSPS) is 10.8. The third-order valence-corrected chi connectivity index (χ3v) is 7.83. The molecule has 14 heavy (non-hydrogen) atoms. The fourth-order valence-corrected chi connectivity index (χ4v) is 6.92. The molecule has 0 N–H and O–H groups in total. The molecule has 0 saturated heterocycles. The van der Waals surface area contributed by atoms with Gasteiger partial charge in [-0.1, -0.05) is 33.4 Å². The van der Waals surface area contributed by atoms with Crippen molar-refractivity contribution in [1.29, 1.82) is 0 Å². The van der Waals surface area contributed by atoms with Gasteiger partial charge in [0.05, 0.1) is 24.6 Å². The molecule has 0 unspecified atom stereocenters. The summed E-state index contributed by atoms with van der Waals surface area (Å²) in [5, 5.41) is 0. The molecule has 0 bridgehead atoms. The van der Waals surface area contributed by atoms with Crippen LogP contribution in [0.3, 0.4) is 0 Å². The highest BCUT2D eigenvalue weighted by molar-refractivity contribution is 7.76. The molecule has 0 amide bonds. The van der Waals surface area contributed by atoms with E-state index in [1.807, 2.05) is 0 Å². The van der Waals surface area contributed by atoms with Gasteiger partial charge in [-0.05, 0) is 19.3 Å². The molecule has 0 nitrogen and oxygen atoms in total. The summed E-state index contributed by atoms with van der Waals surface area (Å²) in [4.78, 5) is 0. The number of allylic oxidation sites excluding steroid dienone is 1. The number of hydrogen-bond donors (Lipinski definition) is 0. The van der Waals surface area contributed by atoms with E-state index in [0.717, 1.165) is 0 Å². The Balaban J connectivity index is 0. The van der Waals surface area contributed by atoms with Crippen LogP contribution in [-0.2, 0) is 0 Å². The zero-order valence-electron chi connectivity index (χ0n) is 10.1. The van der Waals surface area contributed by atoms with E-state index in [1.165, 1.54) is 43.9 Å². The van der Waals surface area contributed by atoms with Crippen LogP contribution < -0.4 is 17.0 Å². The first-order valence-electron chi connectivity index (χ1n) is 5.70. The van der Waals surface area contributed by atoms with E-state index < -0.39 is 7.26 Å². The van der Waals surface area contributed by atoms with Gasteiger partial charge in [-0.25, -0.2) is 0 Å². The summed E-state index contributed by atoms with van der Waals surface area (Å²) in [6.45, 7) is 10.9. The average molecular weight is 281 g/mol. The summed E-state index contributed by atoms with van der Waals surface area (Å²) in [6, 6.07) is 0. The van der Waals surface area contributed by atoms with Crippen LogP contribution in [0.5, 0.6) is 0 Å². The fraction of sp³-hybridized carbons (Fsp3) is 0.833. The Morgan fingerprint density at radius 1 is 0.929 bits per heavy atom. The lowest BCUT2D eigenvalue weighted by Crippen LogP contribution is -3.00. The number of hydrogen-bond acceptors (Lipinski definition) is 0. The van der Waals surface area contributed by atoms with Crippen molar-refractivity contribution in [1.82, 2.24) is 0 Å². The quantitative estimate of drug-likeness (QED) is 0.466. The van der Waals surface area contributed by atoms with Gasteiger partial charge in [-0.3, -0.25) is 0 Å². The van der Waals surface area contributed by atoms with Crippen molar-refractivity contribution in [2.75, 3.05) is 24.6 Å². The Hall–Kier alpha value is 0.650. The van der Waals surface area contributed by atoms with Gasteiger partial charge in [-0.2, -0.15) is 0 Å². The van der Waals surface area contributed by atoms with Crippen molar-refractivity contribution in [3.05, 3.63) is 12.7 Å². The highest BCUT2D eigenvalue weighted by Crippen LogP contribution is 2.59. The first-order chi connectivity index (χ1) is 6.24. The van der Waals surface area contributed by atoms with Crippen LogP contribution in [0.15, 0.2) is 12.7 Å². The van der Waals surface area contributed by atoms with Crippen LogP contribution in [0.4, 0.5) is 0 Å². The second-order valence-corrected chi connectivity index (χ2v) is 8.37. The molecule has 0 heterocycles. The minimum atomic E-state index is -0.614. The molecule has 0 aliphatic rings. The molecule has 0 fully saturated rings. The Bertz CT molecular complexity index is 117. The predicted octanol–water partition coefficient (Wildman–Crippen LogP) is 1.42. The minimum absolute atomic E-state index is 0. The molecule has 0 aliphatic carbocycles. The van der Waals surface area contributed by atoms with Crippen molar-refractivity contribution in [2.24, 2.45) is 0 Å². The van der Waals surface area contributed by atoms with Crippen LogP contribution >= 0.6 is 7.26 Å². The second kappa shape index (κ2) is 10.2. The second-order valence-electron chi connectivity index (χ2n) is 3.98. The molecule has 0 saturated carbocycles. The van der Waals surface area contributed by atoms with E-state index >= 15 is 0 Å². The Morgan fingerprint density at radius 2 is 1.29 bits per heavy atom.